The number of ether oxygens (including phenoxy) is 1. The van der Waals surface area contributed by atoms with Gasteiger partial charge >= 0.3 is 0 Å². The molecule has 0 unspecified atom stereocenters. The highest BCUT2D eigenvalue weighted by atomic mass is 19.1. The van der Waals surface area contributed by atoms with Gasteiger partial charge in [-0.25, -0.2) is 4.39 Å². The first-order valence-corrected chi connectivity index (χ1v) is 9.71. The van der Waals surface area contributed by atoms with Gasteiger partial charge in [-0.05, 0) is 80.0 Å². The molecule has 0 aliphatic carbocycles. The van der Waals surface area contributed by atoms with E-state index < -0.39 is 5.82 Å². The van der Waals surface area contributed by atoms with Gasteiger partial charge in [-0.15, -0.1) is 0 Å². The van der Waals surface area contributed by atoms with E-state index in [1.165, 1.54) is 18.6 Å². The van der Waals surface area contributed by atoms with Gasteiger partial charge < -0.3 is 9.64 Å². The van der Waals surface area contributed by atoms with Gasteiger partial charge in [0.2, 0.25) is 0 Å². The molecular weight excluding hydrogens is 343 g/mol. The van der Waals surface area contributed by atoms with E-state index in [0.29, 0.717) is 24.2 Å². The van der Waals surface area contributed by atoms with Gasteiger partial charge in [0, 0.05) is 37.7 Å². The van der Waals surface area contributed by atoms with Gasteiger partial charge in [-0.1, -0.05) is 0 Å². The van der Waals surface area contributed by atoms with Crippen molar-refractivity contribution in [3.05, 3.63) is 53.6 Å². The molecule has 142 valence electrons. The third kappa shape index (κ3) is 3.74. The highest BCUT2D eigenvalue weighted by molar-refractivity contribution is 5.95. The molecule has 0 bridgehead atoms. The Balaban J connectivity index is 1.53. The molecular formula is C22H25FN2O2. The molecule has 3 heterocycles. The Labute approximate surface area is 159 Å². The maximum atomic E-state index is 14.3. The number of carbonyl (C=O) groups excluding carboxylic acids is 1. The maximum absolute atomic E-state index is 14.3. The zero-order valence-corrected chi connectivity index (χ0v) is 15.7. The first-order chi connectivity index (χ1) is 13.1. The third-order valence-electron chi connectivity index (χ3n) is 5.87. The number of amides is 1. The Morgan fingerprint density at radius 3 is 2.70 bits per heavy atom. The maximum Gasteiger partial charge on any atom is 0.253 e. The summed E-state index contributed by atoms with van der Waals surface area (Å²) in [5, 5.41) is 0. The van der Waals surface area contributed by atoms with Crippen LogP contribution in [-0.4, -0.2) is 41.1 Å². The van der Waals surface area contributed by atoms with Crippen molar-refractivity contribution in [2.75, 3.05) is 19.7 Å². The SMILES string of the molecule is Cc1cnccc1-c1cc(F)cc(C(=O)N2CCC3(CCCCO3)CC2)c1. The van der Waals surface area contributed by atoms with Gasteiger partial charge in [-0.3, -0.25) is 9.78 Å². The standard InChI is InChI=1S/C22H25FN2O2/c1-16-15-24-8-4-20(16)17-12-18(14-19(23)13-17)21(26)25-9-6-22(7-10-25)5-2-3-11-27-22/h4,8,12-15H,2-3,5-7,9-11H2,1H3. The van der Waals surface area contributed by atoms with Gasteiger partial charge in [-0.2, -0.15) is 0 Å². The average molecular weight is 368 g/mol. The molecule has 1 aromatic carbocycles. The summed E-state index contributed by atoms with van der Waals surface area (Å²) < 4.78 is 20.3. The predicted molar refractivity (Wildman–Crippen MR) is 102 cm³/mol. The highest BCUT2D eigenvalue weighted by Gasteiger charge is 2.38. The lowest BCUT2D eigenvalue weighted by atomic mass is 9.84. The Morgan fingerprint density at radius 1 is 1.19 bits per heavy atom. The molecule has 0 saturated carbocycles. The minimum atomic E-state index is -0.392. The van der Waals surface area contributed by atoms with E-state index in [1.54, 1.807) is 18.5 Å². The number of hydrogen-bond donors (Lipinski definition) is 0. The van der Waals surface area contributed by atoms with Crippen LogP contribution in [0.3, 0.4) is 0 Å². The van der Waals surface area contributed by atoms with Crippen LogP contribution in [0.1, 0.15) is 48.0 Å². The minimum Gasteiger partial charge on any atom is -0.375 e. The molecule has 0 radical (unpaired) electrons. The Hall–Kier alpha value is -2.27. The molecule has 2 aliphatic rings. The molecule has 2 saturated heterocycles. The summed E-state index contributed by atoms with van der Waals surface area (Å²) in [5.41, 5.74) is 2.92. The molecule has 0 atom stereocenters. The fourth-order valence-electron chi connectivity index (χ4n) is 4.27. The Morgan fingerprint density at radius 2 is 2.00 bits per heavy atom. The lowest BCUT2D eigenvalue weighted by Crippen LogP contribution is -2.49. The van der Waals surface area contributed by atoms with E-state index in [-0.39, 0.29) is 11.5 Å². The van der Waals surface area contributed by atoms with E-state index in [2.05, 4.69) is 4.98 Å². The molecule has 0 N–H and O–H groups in total. The minimum absolute atomic E-state index is 0.0454. The van der Waals surface area contributed by atoms with Crippen LogP contribution in [0.4, 0.5) is 4.39 Å². The number of rotatable bonds is 2. The summed E-state index contributed by atoms with van der Waals surface area (Å²) in [5.74, 6) is -0.496. The van der Waals surface area contributed by atoms with Crippen LogP contribution >= 0.6 is 0 Å². The second-order valence-corrected chi connectivity index (χ2v) is 7.70. The van der Waals surface area contributed by atoms with Crippen molar-refractivity contribution in [2.45, 2.75) is 44.6 Å². The normalized spacial score (nSPS) is 19.3. The molecule has 4 rings (SSSR count). The van der Waals surface area contributed by atoms with Crippen LogP contribution in [0.25, 0.3) is 11.1 Å². The molecule has 1 spiro atoms. The molecule has 27 heavy (non-hydrogen) atoms. The number of piperidine rings is 1. The van der Waals surface area contributed by atoms with Crippen LogP contribution in [0.2, 0.25) is 0 Å². The number of carbonyl (C=O) groups is 1. The topological polar surface area (TPSA) is 42.4 Å². The number of likely N-dealkylation sites (tertiary alicyclic amines) is 1. The van der Waals surface area contributed by atoms with Crippen LogP contribution < -0.4 is 0 Å². The quantitative estimate of drug-likeness (QED) is 0.790. The number of pyridine rings is 1. The monoisotopic (exact) mass is 368 g/mol. The van der Waals surface area contributed by atoms with Crippen molar-refractivity contribution in [2.24, 2.45) is 0 Å². The van der Waals surface area contributed by atoms with Crippen LogP contribution in [-0.2, 0) is 4.74 Å². The fraction of sp³-hybridized carbons (Fsp3) is 0.455. The number of aromatic nitrogens is 1. The Bertz CT molecular complexity index is 836. The first-order valence-electron chi connectivity index (χ1n) is 9.71. The van der Waals surface area contributed by atoms with E-state index in [1.807, 2.05) is 17.9 Å². The summed E-state index contributed by atoms with van der Waals surface area (Å²) in [4.78, 5) is 18.9. The van der Waals surface area contributed by atoms with Crippen molar-refractivity contribution in [3.63, 3.8) is 0 Å². The summed E-state index contributed by atoms with van der Waals surface area (Å²) >= 11 is 0. The van der Waals surface area contributed by atoms with Crippen molar-refractivity contribution in [3.8, 4) is 11.1 Å². The van der Waals surface area contributed by atoms with Crippen LogP contribution in [0.5, 0.6) is 0 Å². The van der Waals surface area contributed by atoms with E-state index in [0.717, 1.165) is 43.4 Å². The molecule has 4 nitrogen and oxygen atoms in total. The number of nitrogens with zero attached hydrogens (tertiary/aromatic N) is 2. The zero-order valence-electron chi connectivity index (χ0n) is 15.7. The number of aryl methyl sites for hydroxylation is 1. The first kappa shape index (κ1) is 18.1. The van der Waals surface area contributed by atoms with Gasteiger partial charge in [0.05, 0.1) is 5.60 Å². The summed E-state index contributed by atoms with van der Waals surface area (Å²) in [6.07, 6.45) is 8.57. The Kier molecular flexibility index (Phi) is 4.96. The number of benzene rings is 1. The average Bonchev–Trinajstić information content (AvgIpc) is 2.68. The van der Waals surface area contributed by atoms with E-state index in [4.69, 9.17) is 4.74 Å². The van der Waals surface area contributed by atoms with Crippen LogP contribution in [0, 0.1) is 12.7 Å². The molecule has 2 aromatic rings. The molecule has 2 fully saturated rings. The molecule has 1 amide bonds. The fourth-order valence-corrected chi connectivity index (χ4v) is 4.27. The van der Waals surface area contributed by atoms with Gasteiger partial charge in [0.15, 0.2) is 0 Å². The second-order valence-electron chi connectivity index (χ2n) is 7.70. The van der Waals surface area contributed by atoms with Crippen molar-refractivity contribution in [1.29, 1.82) is 0 Å². The number of hydrogen-bond acceptors (Lipinski definition) is 3. The summed E-state index contributed by atoms with van der Waals surface area (Å²) in [7, 11) is 0. The molecule has 2 aliphatic heterocycles. The third-order valence-corrected chi connectivity index (χ3v) is 5.87. The summed E-state index contributed by atoms with van der Waals surface area (Å²) in [6.45, 7) is 4.09. The summed E-state index contributed by atoms with van der Waals surface area (Å²) in [6, 6.07) is 6.45. The lowest BCUT2D eigenvalue weighted by Gasteiger charge is -2.44. The van der Waals surface area contributed by atoms with Crippen LogP contribution in [0.15, 0.2) is 36.7 Å². The molecule has 1 aromatic heterocycles. The van der Waals surface area contributed by atoms with E-state index in [9.17, 15) is 9.18 Å². The molecule has 5 heteroatoms. The van der Waals surface area contributed by atoms with Gasteiger partial charge in [0.1, 0.15) is 5.82 Å². The highest BCUT2D eigenvalue weighted by Crippen LogP contribution is 2.35. The van der Waals surface area contributed by atoms with Gasteiger partial charge in [0.25, 0.3) is 5.91 Å². The largest absolute Gasteiger partial charge is 0.375 e. The second kappa shape index (κ2) is 7.39. The van der Waals surface area contributed by atoms with E-state index >= 15 is 0 Å². The van der Waals surface area contributed by atoms with Crippen molar-refractivity contribution >= 4 is 5.91 Å². The smallest absolute Gasteiger partial charge is 0.253 e. The lowest BCUT2D eigenvalue weighted by molar-refractivity contribution is -0.107. The predicted octanol–water partition coefficient (Wildman–Crippen LogP) is 4.37. The van der Waals surface area contributed by atoms with Crippen molar-refractivity contribution in [1.82, 2.24) is 9.88 Å². The van der Waals surface area contributed by atoms with Crippen molar-refractivity contribution < 1.29 is 13.9 Å². The number of halogens is 1. The zero-order chi connectivity index (χ0) is 18.9.